The molecule has 0 aliphatic carbocycles. The van der Waals surface area contributed by atoms with Gasteiger partial charge in [0, 0.05) is 10.6 Å². The van der Waals surface area contributed by atoms with Gasteiger partial charge in [0.25, 0.3) is 0 Å². The molecule has 0 saturated heterocycles. The van der Waals surface area contributed by atoms with E-state index in [1.54, 1.807) is 11.8 Å². The van der Waals surface area contributed by atoms with Gasteiger partial charge >= 0.3 is 5.97 Å². The van der Waals surface area contributed by atoms with Crippen LogP contribution in [-0.2, 0) is 14.9 Å². The molecule has 0 unspecified atom stereocenters. The van der Waals surface area contributed by atoms with Crippen LogP contribution in [-0.4, -0.2) is 18.3 Å². The van der Waals surface area contributed by atoms with E-state index in [9.17, 15) is 4.79 Å². The van der Waals surface area contributed by atoms with Gasteiger partial charge in [-0.25, -0.2) is 0 Å². The molecule has 0 aliphatic heterocycles. The Labute approximate surface area is 114 Å². The molecule has 18 heavy (non-hydrogen) atoms. The summed E-state index contributed by atoms with van der Waals surface area (Å²) in [4.78, 5) is 12.4. The first-order valence-electron chi connectivity index (χ1n) is 6.32. The largest absolute Gasteiger partial charge is 0.466 e. The van der Waals surface area contributed by atoms with Gasteiger partial charge in [-0.2, -0.15) is 0 Å². The minimum atomic E-state index is -0.115. The Kier molecular flexibility index (Phi) is 5.73. The summed E-state index contributed by atoms with van der Waals surface area (Å²) in [6.07, 6.45) is 0.472. The molecule has 2 nitrogen and oxygen atoms in total. The zero-order valence-electron chi connectivity index (χ0n) is 11.7. The van der Waals surface area contributed by atoms with Crippen molar-refractivity contribution in [3.8, 4) is 0 Å². The maximum atomic E-state index is 11.2. The zero-order valence-corrected chi connectivity index (χ0v) is 12.5. The van der Waals surface area contributed by atoms with Crippen molar-refractivity contribution in [2.75, 3.05) is 12.4 Å². The van der Waals surface area contributed by atoms with E-state index in [1.807, 2.05) is 6.92 Å². The Balaban J connectivity index is 2.42. The number of esters is 1. The molecule has 0 atom stereocenters. The lowest BCUT2D eigenvalue weighted by Gasteiger charge is -2.19. The van der Waals surface area contributed by atoms with Crippen LogP contribution in [0.5, 0.6) is 0 Å². The molecule has 0 radical (unpaired) electrons. The number of ether oxygens (including phenoxy) is 1. The average molecular weight is 266 g/mol. The summed E-state index contributed by atoms with van der Waals surface area (Å²) < 4.78 is 4.89. The minimum absolute atomic E-state index is 0.115. The van der Waals surface area contributed by atoms with Gasteiger partial charge in [0.05, 0.1) is 13.0 Å². The summed E-state index contributed by atoms with van der Waals surface area (Å²) in [5, 5.41) is 0. The molecule has 3 heteroatoms. The maximum absolute atomic E-state index is 11.2. The maximum Gasteiger partial charge on any atom is 0.306 e. The van der Waals surface area contributed by atoms with E-state index in [2.05, 4.69) is 45.0 Å². The molecule has 0 aromatic heterocycles. The SMILES string of the molecule is CCOC(=O)CCSc1ccc(C(C)(C)C)cc1. The molecule has 0 N–H and O–H groups in total. The monoisotopic (exact) mass is 266 g/mol. The van der Waals surface area contributed by atoms with E-state index in [-0.39, 0.29) is 11.4 Å². The summed E-state index contributed by atoms with van der Waals surface area (Å²) in [7, 11) is 0. The van der Waals surface area contributed by atoms with Crippen molar-refractivity contribution >= 4 is 17.7 Å². The van der Waals surface area contributed by atoms with Crippen LogP contribution < -0.4 is 0 Å². The van der Waals surface area contributed by atoms with Crippen LogP contribution in [0.1, 0.15) is 39.7 Å². The fourth-order valence-electron chi connectivity index (χ4n) is 1.54. The third-order valence-electron chi connectivity index (χ3n) is 2.60. The standard InChI is InChI=1S/C15H22O2S/c1-5-17-14(16)10-11-18-13-8-6-12(7-9-13)15(2,3)4/h6-9H,5,10-11H2,1-4H3. The molecule has 1 aromatic carbocycles. The third-order valence-corrected chi connectivity index (χ3v) is 3.61. The van der Waals surface area contributed by atoms with Crippen molar-refractivity contribution in [2.24, 2.45) is 0 Å². The topological polar surface area (TPSA) is 26.3 Å². The second-order valence-electron chi connectivity index (χ2n) is 5.18. The molecule has 1 rings (SSSR count). The molecule has 1 aromatic rings. The van der Waals surface area contributed by atoms with Gasteiger partial charge in [-0.05, 0) is 30.0 Å². The predicted octanol–water partition coefficient (Wildman–Crippen LogP) is 4.03. The summed E-state index contributed by atoms with van der Waals surface area (Å²) in [5.41, 5.74) is 1.52. The first kappa shape index (κ1) is 15.1. The number of thioether (sulfide) groups is 1. The molecule has 0 aliphatic rings. The summed E-state index contributed by atoms with van der Waals surface area (Å²) in [6, 6.07) is 8.56. The van der Waals surface area contributed by atoms with E-state index >= 15 is 0 Å². The van der Waals surface area contributed by atoms with Gasteiger partial charge < -0.3 is 4.74 Å². The highest BCUT2D eigenvalue weighted by Gasteiger charge is 2.12. The number of rotatable bonds is 5. The van der Waals surface area contributed by atoms with Crippen LogP contribution in [0.4, 0.5) is 0 Å². The van der Waals surface area contributed by atoms with Crippen LogP contribution >= 0.6 is 11.8 Å². The molecule has 0 bridgehead atoms. The van der Waals surface area contributed by atoms with Crippen molar-refractivity contribution in [3.63, 3.8) is 0 Å². The van der Waals surface area contributed by atoms with Gasteiger partial charge in [0.15, 0.2) is 0 Å². The van der Waals surface area contributed by atoms with Crippen LogP contribution in [0.3, 0.4) is 0 Å². The Morgan fingerprint density at radius 1 is 1.22 bits per heavy atom. The van der Waals surface area contributed by atoms with E-state index < -0.39 is 0 Å². The van der Waals surface area contributed by atoms with Gasteiger partial charge in [0.2, 0.25) is 0 Å². The van der Waals surface area contributed by atoms with Gasteiger partial charge in [-0.15, -0.1) is 11.8 Å². The van der Waals surface area contributed by atoms with Crippen LogP contribution in [0.25, 0.3) is 0 Å². The van der Waals surface area contributed by atoms with Crippen LogP contribution in [0.15, 0.2) is 29.2 Å². The van der Waals surface area contributed by atoms with E-state index in [1.165, 1.54) is 10.5 Å². The Bertz CT molecular complexity index is 376. The highest BCUT2D eigenvalue weighted by Crippen LogP contribution is 2.25. The fraction of sp³-hybridized carbons (Fsp3) is 0.533. The number of carbonyl (C=O) groups excluding carboxylic acids is 1. The highest BCUT2D eigenvalue weighted by atomic mass is 32.2. The summed E-state index contributed by atoms with van der Waals surface area (Å²) >= 11 is 1.69. The third kappa shape index (κ3) is 5.13. The normalized spacial score (nSPS) is 11.3. The minimum Gasteiger partial charge on any atom is -0.466 e. The highest BCUT2D eigenvalue weighted by molar-refractivity contribution is 7.99. The molecular formula is C15H22O2S. The Hall–Kier alpha value is -0.960. The molecule has 0 heterocycles. The fourth-order valence-corrected chi connectivity index (χ4v) is 2.37. The smallest absolute Gasteiger partial charge is 0.306 e. The molecule has 0 fully saturated rings. The lowest BCUT2D eigenvalue weighted by molar-refractivity contribution is -0.142. The summed E-state index contributed by atoms with van der Waals surface area (Å²) in [6.45, 7) is 8.90. The Morgan fingerprint density at radius 2 is 1.83 bits per heavy atom. The zero-order chi connectivity index (χ0) is 13.6. The van der Waals surface area contributed by atoms with Crippen LogP contribution in [0.2, 0.25) is 0 Å². The first-order valence-corrected chi connectivity index (χ1v) is 7.31. The Morgan fingerprint density at radius 3 is 2.33 bits per heavy atom. The van der Waals surface area contributed by atoms with Gasteiger partial charge in [-0.1, -0.05) is 32.9 Å². The quantitative estimate of drug-likeness (QED) is 0.594. The van der Waals surface area contributed by atoms with Crippen molar-refractivity contribution in [2.45, 2.75) is 44.4 Å². The van der Waals surface area contributed by atoms with Gasteiger partial charge in [-0.3, -0.25) is 4.79 Å². The van der Waals surface area contributed by atoms with E-state index in [4.69, 9.17) is 4.74 Å². The molecule has 0 saturated carbocycles. The second kappa shape index (κ2) is 6.83. The van der Waals surface area contributed by atoms with Crippen molar-refractivity contribution in [1.82, 2.24) is 0 Å². The predicted molar refractivity (Wildman–Crippen MR) is 77.1 cm³/mol. The second-order valence-corrected chi connectivity index (χ2v) is 6.35. The molecule has 0 spiro atoms. The molecule has 100 valence electrons. The van der Waals surface area contributed by atoms with E-state index in [0.717, 1.165) is 5.75 Å². The summed E-state index contributed by atoms with van der Waals surface area (Å²) in [5.74, 6) is 0.657. The lowest BCUT2D eigenvalue weighted by Crippen LogP contribution is -2.10. The van der Waals surface area contributed by atoms with E-state index in [0.29, 0.717) is 13.0 Å². The van der Waals surface area contributed by atoms with Crippen molar-refractivity contribution in [3.05, 3.63) is 29.8 Å². The number of hydrogen-bond acceptors (Lipinski definition) is 3. The van der Waals surface area contributed by atoms with Crippen LogP contribution in [0, 0.1) is 0 Å². The van der Waals surface area contributed by atoms with Gasteiger partial charge in [0.1, 0.15) is 0 Å². The molecule has 0 amide bonds. The number of benzene rings is 1. The van der Waals surface area contributed by atoms with Crippen molar-refractivity contribution in [1.29, 1.82) is 0 Å². The lowest BCUT2D eigenvalue weighted by atomic mass is 9.87. The number of hydrogen-bond donors (Lipinski definition) is 0. The average Bonchev–Trinajstić information content (AvgIpc) is 2.29. The molecular weight excluding hydrogens is 244 g/mol. The first-order chi connectivity index (χ1) is 8.43. The van der Waals surface area contributed by atoms with Crippen molar-refractivity contribution < 1.29 is 9.53 Å². The number of carbonyl (C=O) groups is 1.